The van der Waals surface area contributed by atoms with Crippen LogP contribution in [0.15, 0.2) is 6.20 Å². The Labute approximate surface area is 127 Å². The molecule has 1 amide bonds. The molecule has 1 aromatic rings. The highest BCUT2D eigenvalue weighted by molar-refractivity contribution is 5.95. The average molecular weight is 290 g/mol. The number of carbonyl (C=O) groups excluding carboxylic acids is 1. The first-order chi connectivity index (χ1) is 10.2. The third-order valence-electron chi connectivity index (χ3n) is 4.19. The van der Waals surface area contributed by atoms with Crippen LogP contribution in [-0.2, 0) is 0 Å². The Balaban J connectivity index is 2.09. The van der Waals surface area contributed by atoms with Gasteiger partial charge in [-0.2, -0.15) is 0 Å². The van der Waals surface area contributed by atoms with Gasteiger partial charge in [0.1, 0.15) is 5.82 Å². The smallest absolute Gasteiger partial charge is 0.254 e. The van der Waals surface area contributed by atoms with Crippen molar-refractivity contribution in [2.24, 2.45) is 0 Å². The van der Waals surface area contributed by atoms with Gasteiger partial charge in [0.25, 0.3) is 5.91 Å². The fraction of sp³-hybridized carbons (Fsp3) is 0.688. The number of hydrogen-bond donors (Lipinski definition) is 2. The second-order valence-electron chi connectivity index (χ2n) is 5.72. The Morgan fingerprint density at radius 1 is 1.43 bits per heavy atom. The molecule has 1 aromatic heterocycles. The third-order valence-corrected chi connectivity index (χ3v) is 4.19. The van der Waals surface area contributed by atoms with E-state index >= 15 is 0 Å². The molecule has 116 valence electrons. The summed E-state index contributed by atoms with van der Waals surface area (Å²) in [7, 11) is 0. The zero-order valence-corrected chi connectivity index (χ0v) is 13.3. The molecule has 0 radical (unpaired) electrons. The van der Waals surface area contributed by atoms with Gasteiger partial charge < -0.3 is 10.6 Å². The minimum absolute atomic E-state index is 0.0654. The summed E-state index contributed by atoms with van der Waals surface area (Å²) in [6.45, 7) is 7.06. The average Bonchev–Trinajstić information content (AvgIpc) is 2.53. The summed E-state index contributed by atoms with van der Waals surface area (Å²) < 4.78 is 0. The Hall–Kier alpha value is -1.49. The first-order valence-corrected chi connectivity index (χ1v) is 8.03. The maximum Gasteiger partial charge on any atom is 0.254 e. The predicted molar refractivity (Wildman–Crippen MR) is 83.2 cm³/mol. The van der Waals surface area contributed by atoms with Crippen molar-refractivity contribution < 1.29 is 4.79 Å². The molecule has 0 spiro atoms. The summed E-state index contributed by atoms with van der Waals surface area (Å²) in [5.74, 6) is 0.746. The lowest BCUT2D eigenvalue weighted by molar-refractivity contribution is 0.0933. The molecule has 1 aliphatic rings. The van der Waals surface area contributed by atoms with Gasteiger partial charge in [0, 0.05) is 12.2 Å². The quantitative estimate of drug-likeness (QED) is 0.874. The molecule has 21 heavy (non-hydrogen) atoms. The van der Waals surface area contributed by atoms with E-state index in [1.54, 1.807) is 6.20 Å². The molecule has 0 aromatic carbocycles. The summed E-state index contributed by atoms with van der Waals surface area (Å²) in [4.78, 5) is 21.2. The standard InChI is InChI=1S/C16H26N4O/c1-4-12(5-2)20-16(21)13-10-18-15(19-11(13)3)14-8-6-7-9-17-14/h10,12,14,17H,4-9H2,1-3H3,(H,20,21)/t14-/m0/s1. The number of aromatic nitrogens is 2. The summed E-state index contributed by atoms with van der Waals surface area (Å²) in [5, 5.41) is 6.47. The Bertz CT molecular complexity index is 479. The van der Waals surface area contributed by atoms with Gasteiger partial charge in [-0.15, -0.1) is 0 Å². The fourth-order valence-electron chi connectivity index (χ4n) is 2.70. The first-order valence-electron chi connectivity index (χ1n) is 8.03. The van der Waals surface area contributed by atoms with Crippen molar-refractivity contribution in [2.45, 2.75) is 65.0 Å². The number of nitrogens with zero attached hydrogens (tertiary/aromatic N) is 2. The van der Waals surface area contributed by atoms with E-state index in [4.69, 9.17) is 0 Å². The minimum atomic E-state index is -0.0654. The van der Waals surface area contributed by atoms with Gasteiger partial charge in [0.15, 0.2) is 0 Å². The lowest BCUT2D eigenvalue weighted by Crippen LogP contribution is -2.35. The van der Waals surface area contributed by atoms with Crippen LogP contribution < -0.4 is 10.6 Å². The van der Waals surface area contributed by atoms with E-state index in [2.05, 4.69) is 34.4 Å². The summed E-state index contributed by atoms with van der Waals surface area (Å²) >= 11 is 0. The van der Waals surface area contributed by atoms with E-state index in [1.165, 1.54) is 12.8 Å². The molecule has 1 aliphatic heterocycles. The van der Waals surface area contributed by atoms with E-state index in [1.807, 2.05) is 6.92 Å². The van der Waals surface area contributed by atoms with Crippen molar-refractivity contribution in [2.75, 3.05) is 6.54 Å². The van der Waals surface area contributed by atoms with Crippen molar-refractivity contribution in [1.29, 1.82) is 0 Å². The number of hydrogen-bond acceptors (Lipinski definition) is 4. The molecule has 0 saturated carbocycles. The van der Waals surface area contributed by atoms with E-state index in [0.717, 1.165) is 37.3 Å². The number of aryl methyl sites for hydroxylation is 1. The van der Waals surface area contributed by atoms with Crippen molar-refractivity contribution in [3.63, 3.8) is 0 Å². The third kappa shape index (κ3) is 4.00. The van der Waals surface area contributed by atoms with Crippen LogP contribution in [0.2, 0.25) is 0 Å². The zero-order chi connectivity index (χ0) is 15.2. The number of amides is 1. The van der Waals surface area contributed by atoms with Crippen molar-refractivity contribution in [1.82, 2.24) is 20.6 Å². The van der Waals surface area contributed by atoms with Crippen LogP contribution in [0.1, 0.15) is 73.9 Å². The second kappa shape index (κ2) is 7.50. The second-order valence-corrected chi connectivity index (χ2v) is 5.72. The van der Waals surface area contributed by atoms with Gasteiger partial charge in [-0.1, -0.05) is 20.3 Å². The van der Waals surface area contributed by atoms with Crippen LogP contribution >= 0.6 is 0 Å². The van der Waals surface area contributed by atoms with Crippen molar-refractivity contribution in [3.8, 4) is 0 Å². The molecule has 2 heterocycles. The van der Waals surface area contributed by atoms with Crippen LogP contribution in [0.5, 0.6) is 0 Å². The molecule has 2 rings (SSSR count). The Morgan fingerprint density at radius 2 is 2.19 bits per heavy atom. The van der Waals surface area contributed by atoms with Gasteiger partial charge in [-0.25, -0.2) is 9.97 Å². The lowest BCUT2D eigenvalue weighted by Gasteiger charge is -2.22. The van der Waals surface area contributed by atoms with E-state index in [0.29, 0.717) is 5.56 Å². The minimum Gasteiger partial charge on any atom is -0.349 e. The molecular weight excluding hydrogens is 264 g/mol. The molecule has 1 atom stereocenters. The van der Waals surface area contributed by atoms with Crippen molar-refractivity contribution >= 4 is 5.91 Å². The summed E-state index contributed by atoms with van der Waals surface area (Å²) in [6, 6.07) is 0.449. The van der Waals surface area contributed by atoms with Crippen LogP contribution in [0.4, 0.5) is 0 Å². The molecule has 1 saturated heterocycles. The zero-order valence-electron chi connectivity index (χ0n) is 13.3. The van der Waals surface area contributed by atoms with Crippen LogP contribution in [-0.4, -0.2) is 28.5 Å². The van der Waals surface area contributed by atoms with Crippen molar-refractivity contribution in [3.05, 3.63) is 23.3 Å². The predicted octanol–water partition coefficient (Wildman–Crippen LogP) is 2.52. The molecular formula is C16H26N4O. The maximum absolute atomic E-state index is 12.3. The fourth-order valence-corrected chi connectivity index (χ4v) is 2.70. The number of carbonyl (C=O) groups is 1. The highest BCUT2D eigenvalue weighted by Crippen LogP contribution is 2.20. The van der Waals surface area contributed by atoms with Gasteiger partial charge in [-0.05, 0) is 39.2 Å². The molecule has 0 aliphatic carbocycles. The molecule has 2 N–H and O–H groups in total. The van der Waals surface area contributed by atoms with E-state index < -0.39 is 0 Å². The van der Waals surface area contributed by atoms with E-state index in [-0.39, 0.29) is 18.0 Å². The summed E-state index contributed by atoms with van der Waals surface area (Å²) in [6.07, 6.45) is 7.03. The Kier molecular flexibility index (Phi) is 5.67. The number of nitrogens with one attached hydrogen (secondary N) is 2. The number of piperidine rings is 1. The molecule has 0 unspecified atom stereocenters. The van der Waals surface area contributed by atoms with Crippen LogP contribution in [0, 0.1) is 6.92 Å². The molecule has 5 heteroatoms. The van der Waals surface area contributed by atoms with Crippen LogP contribution in [0.25, 0.3) is 0 Å². The topological polar surface area (TPSA) is 66.9 Å². The monoisotopic (exact) mass is 290 g/mol. The number of rotatable bonds is 5. The van der Waals surface area contributed by atoms with Gasteiger partial charge in [-0.3, -0.25) is 4.79 Å². The molecule has 0 bridgehead atoms. The molecule has 5 nitrogen and oxygen atoms in total. The Morgan fingerprint density at radius 3 is 2.76 bits per heavy atom. The van der Waals surface area contributed by atoms with Gasteiger partial charge in [0.2, 0.25) is 0 Å². The highest BCUT2D eigenvalue weighted by Gasteiger charge is 2.20. The van der Waals surface area contributed by atoms with Crippen LogP contribution in [0.3, 0.4) is 0 Å². The SMILES string of the molecule is CCC(CC)NC(=O)c1cnc([C@@H]2CCCCN2)nc1C. The largest absolute Gasteiger partial charge is 0.349 e. The lowest BCUT2D eigenvalue weighted by atomic mass is 10.0. The highest BCUT2D eigenvalue weighted by atomic mass is 16.1. The molecule has 1 fully saturated rings. The summed E-state index contributed by atoms with van der Waals surface area (Å²) in [5.41, 5.74) is 1.34. The van der Waals surface area contributed by atoms with Gasteiger partial charge >= 0.3 is 0 Å². The first kappa shape index (κ1) is 15.9. The van der Waals surface area contributed by atoms with E-state index in [9.17, 15) is 4.79 Å². The van der Waals surface area contributed by atoms with Gasteiger partial charge in [0.05, 0.1) is 17.3 Å². The maximum atomic E-state index is 12.3. The normalized spacial score (nSPS) is 18.8.